The van der Waals surface area contributed by atoms with Crippen LogP contribution in [0.2, 0.25) is 5.02 Å². The van der Waals surface area contributed by atoms with Crippen molar-refractivity contribution >= 4 is 45.0 Å². The molecule has 0 bridgehead atoms. The van der Waals surface area contributed by atoms with E-state index in [-0.39, 0.29) is 35.3 Å². The Kier molecular flexibility index (Phi) is 8.34. The average Bonchev–Trinajstić information content (AvgIpc) is 3.38. The van der Waals surface area contributed by atoms with Crippen molar-refractivity contribution in [1.29, 1.82) is 0 Å². The number of amides is 2. The SMILES string of the molecule is C=CCN(CC(=O)N1CCCCC1c1nc(-c2ccc(Br)cc2)no1)C(=O)c1ccc([N+](=O)[O-])cc1Cl. The van der Waals surface area contributed by atoms with E-state index in [1.807, 2.05) is 24.3 Å². The Hall–Kier alpha value is -3.57. The van der Waals surface area contributed by atoms with Crippen molar-refractivity contribution in [3.8, 4) is 11.4 Å². The quantitative estimate of drug-likeness (QED) is 0.195. The molecular formula is C25H23BrClN5O5. The smallest absolute Gasteiger partial charge is 0.270 e. The van der Waals surface area contributed by atoms with Crippen molar-refractivity contribution in [1.82, 2.24) is 19.9 Å². The lowest BCUT2D eigenvalue weighted by atomic mass is 10.0. The molecule has 1 atom stereocenters. The lowest BCUT2D eigenvalue weighted by Gasteiger charge is -2.35. The van der Waals surface area contributed by atoms with Crippen LogP contribution in [0.3, 0.4) is 0 Å². The molecule has 4 rings (SSSR count). The lowest BCUT2D eigenvalue weighted by Crippen LogP contribution is -2.46. The number of benzene rings is 2. The summed E-state index contributed by atoms with van der Waals surface area (Å²) < 4.78 is 6.48. The van der Waals surface area contributed by atoms with E-state index in [0.717, 1.165) is 28.9 Å². The Bertz CT molecular complexity index is 1330. The van der Waals surface area contributed by atoms with Crippen LogP contribution in [-0.2, 0) is 4.79 Å². The second kappa shape index (κ2) is 11.7. The molecule has 2 heterocycles. The molecule has 10 nitrogen and oxygen atoms in total. The molecule has 1 fully saturated rings. The minimum Gasteiger partial charge on any atom is -0.337 e. The maximum atomic E-state index is 13.4. The third-order valence-corrected chi connectivity index (χ3v) is 6.85. The minimum atomic E-state index is -0.596. The maximum absolute atomic E-state index is 13.4. The molecule has 2 amide bonds. The van der Waals surface area contributed by atoms with Crippen LogP contribution in [0.25, 0.3) is 11.4 Å². The largest absolute Gasteiger partial charge is 0.337 e. The molecule has 1 aliphatic heterocycles. The Morgan fingerprint density at radius 2 is 2.03 bits per heavy atom. The van der Waals surface area contributed by atoms with Crippen LogP contribution < -0.4 is 0 Å². The minimum absolute atomic E-state index is 0.0631. The van der Waals surface area contributed by atoms with Crippen molar-refractivity contribution in [3.05, 3.63) is 86.2 Å². The molecular weight excluding hydrogens is 566 g/mol. The van der Waals surface area contributed by atoms with Crippen molar-refractivity contribution in [2.45, 2.75) is 25.3 Å². The first-order valence-electron chi connectivity index (χ1n) is 11.5. The number of non-ortho nitro benzene ring substituents is 1. The summed E-state index contributed by atoms with van der Waals surface area (Å²) in [5.74, 6) is -0.0546. The Morgan fingerprint density at radius 3 is 2.70 bits per heavy atom. The van der Waals surface area contributed by atoms with Crippen LogP contribution in [0, 0.1) is 10.1 Å². The second-order valence-electron chi connectivity index (χ2n) is 8.46. The molecule has 1 aromatic heterocycles. The number of nitro benzene ring substituents is 1. The molecule has 12 heteroatoms. The zero-order valence-electron chi connectivity index (χ0n) is 19.7. The van der Waals surface area contributed by atoms with Gasteiger partial charge in [0.1, 0.15) is 12.6 Å². The van der Waals surface area contributed by atoms with Gasteiger partial charge in [0, 0.05) is 35.3 Å². The fourth-order valence-corrected chi connectivity index (χ4v) is 4.68. The van der Waals surface area contributed by atoms with Gasteiger partial charge in [0.15, 0.2) is 0 Å². The zero-order chi connectivity index (χ0) is 26.5. The molecule has 1 unspecified atom stereocenters. The van der Waals surface area contributed by atoms with E-state index in [0.29, 0.717) is 24.7 Å². The van der Waals surface area contributed by atoms with E-state index in [1.165, 1.54) is 23.1 Å². The molecule has 3 aromatic rings. The van der Waals surface area contributed by atoms with Crippen LogP contribution in [-0.4, -0.2) is 56.3 Å². The van der Waals surface area contributed by atoms with Gasteiger partial charge in [0.05, 0.1) is 15.5 Å². The Labute approximate surface area is 226 Å². The summed E-state index contributed by atoms with van der Waals surface area (Å²) >= 11 is 9.56. The first-order valence-corrected chi connectivity index (χ1v) is 12.7. The standard InChI is InChI=1S/C25H23BrClN5O5/c1-2-12-30(25(34)19-11-10-18(32(35)36)14-20(19)27)15-22(33)31-13-4-3-5-21(31)24-28-23(29-37-24)16-6-8-17(26)9-7-16/h2,6-11,14,21H,1,3-5,12-13,15H2. The summed E-state index contributed by atoms with van der Waals surface area (Å²) in [6.07, 6.45) is 3.84. The summed E-state index contributed by atoms with van der Waals surface area (Å²) in [6.45, 7) is 4.01. The predicted molar refractivity (Wildman–Crippen MR) is 140 cm³/mol. The molecule has 0 radical (unpaired) electrons. The fourth-order valence-electron chi connectivity index (χ4n) is 4.16. The fraction of sp³-hybridized carbons (Fsp3) is 0.280. The van der Waals surface area contributed by atoms with Crippen LogP contribution in [0.1, 0.15) is 41.6 Å². The van der Waals surface area contributed by atoms with Crippen molar-refractivity contribution in [2.75, 3.05) is 19.6 Å². The van der Waals surface area contributed by atoms with Gasteiger partial charge in [-0.25, -0.2) is 0 Å². The van der Waals surface area contributed by atoms with Gasteiger partial charge in [0.25, 0.3) is 11.6 Å². The summed E-state index contributed by atoms with van der Waals surface area (Å²) in [4.78, 5) is 44.5. The van der Waals surface area contributed by atoms with Crippen molar-refractivity contribution < 1.29 is 19.0 Å². The number of nitrogens with zero attached hydrogens (tertiary/aromatic N) is 5. The number of rotatable bonds is 8. The molecule has 192 valence electrons. The van der Waals surface area contributed by atoms with Crippen LogP contribution in [0.4, 0.5) is 5.69 Å². The monoisotopic (exact) mass is 587 g/mol. The summed E-state index contributed by atoms with van der Waals surface area (Å²) in [6, 6.07) is 10.7. The highest BCUT2D eigenvalue weighted by Gasteiger charge is 2.34. The van der Waals surface area contributed by atoms with Crippen LogP contribution in [0.5, 0.6) is 0 Å². The average molecular weight is 589 g/mol. The van der Waals surface area contributed by atoms with E-state index >= 15 is 0 Å². The topological polar surface area (TPSA) is 123 Å². The summed E-state index contributed by atoms with van der Waals surface area (Å²) in [5.41, 5.74) is 0.619. The Morgan fingerprint density at radius 1 is 1.27 bits per heavy atom. The number of halogens is 2. The van der Waals surface area contributed by atoms with E-state index in [9.17, 15) is 19.7 Å². The third-order valence-electron chi connectivity index (χ3n) is 6.01. The molecule has 1 aliphatic rings. The van der Waals surface area contributed by atoms with Gasteiger partial charge in [0.2, 0.25) is 17.6 Å². The predicted octanol–water partition coefficient (Wildman–Crippen LogP) is 5.44. The molecule has 1 saturated heterocycles. The number of likely N-dealkylation sites (tertiary alicyclic amines) is 1. The number of piperidine rings is 1. The molecule has 0 N–H and O–H groups in total. The molecule has 2 aromatic carbocycles. The Balaban J connectivity index is 1.53. The van der Waals surface area contributed by atoms with E-state index < -0.39 is 16.9 Å². The van der Waals surface area contributed by atoms with Gasteiger partial charge in [-0.2, -0.15) is 4.98 Å². The van der Waals surface area contributed by atoms with E-state index in [2.05, 4.69) is 32.6 Å². The number of nitro groups is 1. The lowest BCUT2D eigenvalue weighted by molar-refractivity contribution is -0.384. The van der Waals surface area contributed by atoms with Crippen LogP contribution >= 0.6 is 27.5 Å². The third kappa shape index (κ3) is 6.05. The first-order chi connectivity index (χ1) is 17.8. The van der Waals surface area contributed by atoms with Gasteiger partial charge in [-0.15, -0.1) is 6.58 Å². The maximum Gasteiger partial charge on any atom is 0.270 e. The molecule has 0 spiro atoms. The molecule has 0 aliphatic carbocycles. The normalized spacial score (nSPS) is 15.3. The highest BCUT2D eigenvalue weighted by atomic mass is 79.9. The number of aromatic nitrogens is 2. The highest BCUT2D eigenvalue weighted by molar-refractivity contribution is 9.10. The number of hydrogen-bond acceptors (Lipinski definition) is 7. The first kappa shape index (κ1) is 26.5. The van der Waals surface area contributed by atoms with Gasteiger partial charge in [-0.05, 0) is 49.6 Å². The van der Waals surface area contributed by atoms with Gasteiger partial charge in [-0.3, -0.25) is 19.7 Å². The zero-order valence-corrected chi connectivity index (χ0v) is 22.0. The van der Waals surface area contributed by atoms with Gasteiger partial charge < -0.3 is 14.3 Å². The molecule has 37 heavy (non-hydrogen) atoms. The van der Waals surface area contributed by atoms with E-state index in [1.54, 1.807) is 4.90 Å². The van der Waals surface area contributed by atoms with Crippen molar-refractivity contribution in [2.24, 2.45) is 0 Å². The number of carbonyl (C=O) groups is 2. The highest BCUT2D eigenvalue weighted by Crippen LogP contribution is 2.32. The van der Waals surface area contributed by atoms with Gasteiger partial charge >= 0.3 is 0 Å². The molecule has 0 saturated carbocycles. The van der Waals surface area contributed by atoms with Crippen molar-refractivity contribution in [3.63, 3.8) is 0 Å². The number of hydrogen-bond donors (Lipinski definition) is 0. The second-order valence-corrected chi connectivity index (χ2v) is 9.78. The van der Waals surface area contributed by atoms with Crippen LogP contribution in [0.15, 0.2) is 64.1 Å². The number of carbonyl (C=O) groups excluding carboxylic acids is 2. The van der Waals surface area contributed by atoms with E-state index in [4.69, 9.17) is 16.1 Å². The summed E-state index contributed by atoms with van der Waals surface area (Å²) in [5, 5.41) is 15.0. The summed E-state index contributed by atoms with van der Waals surface area (Å²) in [7, 11) is 0. The van der Waals surface area contributed by atoms with Gasteiger partial charge in [-0.1, -0.05) is 38.8 Å².